The number of hydrogen-bond acceptors (Lipinski definition) is 4. The van der Waals surface area contributed by atoms with Crippen LogP contribution in [0.2, 0.25) is 0 Å². The van der Waals surface area contributed by atoms with Crippen molar-refractivity contribution in [1.29, 1.82) is 0 Å². The second-order valence-corrected chi connectivity index (χ2v) is 9.17. The minimum atomic E-state index is -0.832. The first-order valence-corrected chi connectivity index (χ1v) is 11.8. The zero-order valence-corrected chi connectivity index (χ0v) is 20.1. The molecule has 0 aliphatic heterocycles. The lowest BCUT2D eigenvalue weighted by Gasteiger charge is -2.26. The number of amides is 2. The summed E-state index contributed by atoms with van der Waals surface area (Å²) in [6, 6.07) is 16.3. The lowest BCUT2D eigenvalue weighted by Crippen LogP contribution is -2.42. The summed E-state index contributed by atoms with van der Waals surface area (Å²) >= 11 is 0. The van der Waals surface area contributed by atoms with Crippen LogP contribution >= 0.6 is 0 Å². The van der Waals surface area contributed by atoms with Crippen molar-refractivity contribution < 1.29 is 24.2 Å². The zero-order chi connectivity index (χ0) is 24.7. The number of nitrogens with zero attached hydrogens (tertiary/aromatic N) is 1. The molecule has 0 aromatic heterocycles. The Hall–Kier alpha value is -3.35. The van der Waals surface area contributed by atoms with E-state index in [9.17, 15) is 14.4 Å². The van der Waals surface area contributed by atoms with Gasteiger partial charge in [-0.15, -0.1) is 0 Å². The Balaban J connectivity index is 1.52. The van der Waals surface area contributed by atoms with Crippen molar-refractivity contribution in [3.05, 3.63) is 59.7 Å². The second-order valence-electron chi connectivity index (χ2n) is 9.17. The van der Waals surface area contributed by atoms with E-state index in [-0.39, 0.29) is 43.2 Å². The molecule has 0 saturated carbocycles. The summed E-state index contributed by atoms with van der Waals surface area (Å²) in [6.07, 6.45) is 0.708. The van der Waals surface area contributed by atoms with Gasteiger partial charge < -0.3 is 20.1 Å². The Kier molecular flexibility index (Phi) is 8.68. The SMILES string of the molecule is CC(C)C(CNC(=O)OCC1c2ccccc2-c2ccccc21)C(=O)N(C)CCCCC(=O)O. The molecule has 3 rings (SSSR count). The van der Waals surface area contributed by atoms with Crippen LogP contribution in [0, 0.1) is 11.8 Å². The van der Waals surface area contributed by atoms with E-state index >= 15 is 0 Å². The van der Waals surface area contributed by atoms with Crippen LogP contribution in [-0.2, 0) is 14.3 Å². The van der Waals surface area contributed by atoms with Gasteiger partial charge in [0.15, 0.2) is 0 Å². The average molecular weight is 467 g/mol. The van der Waals surface area contributed by atoms with E-state index in [0.29, 0.717) is 19.4 Å². The number of fused-ring (bicyclic) bond motifs is 3. The van der Waals surface area contributed by atoms with Crippen molar-refractivity contribution in [2.24, 2.45) is 11.8 Å². The van der Waals surface area contributed by atoms with Crippen LogP contribution in [0.5, 0.6) is 0 Å². The third-order valence-corrected chi connectivity index (χ3v) is 6.44. The van der Waals surface area contributed by atoms with Crippen molar-refractivity contribution >= 4 is 18.0 Å². The summed E-state index contributed by atoms with van der Waals surface area (Å²) in [7, 11) is 1.71. The maximum atomic E-state index is 12.9. The van der Waals surface area contributed by atoms with E-state index < -0.39 is 12.1 Å². The second kappa shape index (κ2) is 11.7. The fraction of sp³-hybridized carbons (Fsp3) is 0.444. The van der Waals surface area contributed by atoms with Gasteiger partial charge in [-0.3, -0.25) is 9.59 Å². The molecule has 34 heavy (non-hydrogen) atoms. The molecular formula is C27H34N2O5. The lowest BCUT2D eigenvalue weighted by atomic mass is 9.94. The maximum Gasteiger partial charge on any atom is 0.407 e. The monoisotopic (exact) mass is 466 g/mol. The predicted octanol–water partition coefficient (Wildman–Crippen LogP) is 4.51. The molecule has 7 nitrogen and oxygen atoms in total. The quantitative estimate of drug-likeness (QED) is 0.475. The smallest absolute Gasteiger partial charge is 0.407 e. The van der Waals surface area contributed by atoms with Gasteiger partial charge in [-0.05, 0) is 41.0 Å². The molecule has 0 radical (unpaired) electrons. The lowest BCUT2D eigenvalue weighted by molar-refractivity contribution is -0.137. The minimum absolute atomic E-state index is 0.0161. The van der Waals surface area contributed by atoms with Crippen molar-refractivity contribution in [3.8, 4) is 11.1 Å². The zero-order valence-electron chi connectivity index (χ0n) is 20.1. The molecule has 1 aliphatic carbocycles. The number of carboxylic acids is 1. The fourth-order valence-electron chi connectivity index (χ4n) is 4.47. The number of alkyl carbamates (subject to hydrolysis) is 1. The molecule has 7 heteroatoms. The molecule has 0 fully saturated rings. The van der Waals surface area contributed by atoms with Gasteiger partial charge in [-0.1, -0.05) is 62.4 Å². The van der Waals surface area contributed by atoms with Gasteiger partial charge in [-0.25, -0.2) is 4.79 Å². The fourth-order valence-corrected chi connectivity index (χ4v) is 4.47. The van der Waals surface area contributed by atoms with Gasteiger partial charge in [0.25, 0.3) is 0 Å². The standard InChI is InChI=1S/C27H34N2O5/c1-18(2)23(26(32)29(3)15-9-8-14-25(30)31)16-28-27(33)34-17-24-21-12-6-4-10-19(21)20-11-5-7-13-22(20)24/h4-7,10-13,18,23-24H,8-9,14-17H2,1-3H3,(H,28,33)(H,30,31). The molecule has 2 aromatic rings. The first-order valence-electron chi connectivity index (χ1n) is 11.8. The summed E-state index contributed by atoms with van der Waals surface area (Å²) < 4.78 is 5.58. The largest absolute Gasteiger partial charge is 0.481 e. The highest BCUT2D eigenvalue weighted by molar-refractivity contribution is 5.80. The number of ether oxygens (including phenoxy) is 1. The molecule has 0 bridgehead atoms. The first-order chi connectivity index (χ1) is 16.3. The van der Waals surface area contributed by atoms with Crippen LogP contribution in [0.3, 0.4) is 0 Å². The molecule has 0 spiro atoms. The van der Waals surface area contributed by atoms with Crippen LogP contribution in [0.15, 0.2) is 48.5 Å². The first kappa shape index (κ1) is 25.3. The Morgan fingerprint density at radius 3 is 2.15 bits per heavy atom. The number of aliphatic carboxylic acids is 1. The normalized spacial score (nSPS) is 13.2. The Bertz CT molecular complexity index is 974. The van der Waals surface area contributed by atoms with Crippen LogP contribution in [-0.4, -0.2) is 54.7 Å². The number of benzene rings is 2. The number of carbonyl (C=O) groups is 3. The minimum Gasteiger partial charge on any atom is -0.481 e. The molecule has 2 N–H and O–H groups in total. The number of nitrogens with one attached hydrogen (secondary N) is 1. The van der Waals surface area contributed by atoms with Crippen molar-refractivity contribution in [2.45, 2.75) is 39.0 Å². The number of carboxylic acid groups (broad SMARTS) is 1. The van der Waals surface area contributed by atoms with Crippen LogP contribution in [0.25, 0.3) is 11.1 Å². The van der Waals surface area contributed by atoms with Crippen molar-refractivity contribution in [3.63, 3.8) is 0 Å². The number of rotatable bonds is 11. The summed E-state index contributed by atoms with van der Waals surface area (Å²) in [5.41, 5.74) is 4.64. The van der Waals surface area contributed by atoms with Gasteiger partial charge >= 0.3 is 12.1 Å². The Morgan fingerprint density at radius 2 is 1.59 bits per heavy atom. The molecule has 2 aromatic carbocycles. The highest BCUT2D eigenvalue weighted by atomic mass is 16.5. The molecule has 0 heterocycles. The molecule has 1 atom stereocenters. The predicted molar refractivity (Wildman–Crippen MR) is 131 cm³/mol. The molecule has 182 valence electrons. The average Bonchev–Trinajstić information content (AvgIpc) is 3.13. The van der Waals surface area contributed by atoms with Crippen molar-refractivity contribution in [2.75, 3.05) is 26.7 Å². The number of hydrogen-bond donors (Lipinski definition) is 2. The highest BCUT2D eigenvalue weighted by Gasteiger charge is 2.30. The summed E-state index contributed by atoms with van der Waals surface area (Å²) in [5, 5.41) is 11.5. The molecule has 0 saturated heterocycles. The van der Waals surface area contributed by atoms with E-state index in [4.69, 9.17) is 9.84 Å². The van der Waals surface area contributed by atoms with Crippen molar-refractivity contribution in [1.82, 2.24) is 10.2 Å². The summed E-state index contributed by atoms with van der Waals surface area (Å²) in [5.74, 6) is -1.27. The van der Waals surface area contributed by atoms with Gasteiger partial charge in [0.05, 0.1) is 5.92 Å². The third-order valence-electron chi connectivity index (χ3n) is 6.44. The molecular weight excluding hydrogens is 432 g/mol. The summed E-state index contributed by atoms with van der Waals surface area (Å²) in [6.45, 7) is 4.79. The van der Waals surface area contributed by atoms with E-state index in [1.165, 1.54) is 11.1 Å². The van der Waals surface area contributed by atoms with Crippen LogP contribution < -0.4 is 5.32 Å². The number of unbranched alkanes of at least 4 members (excludes halogenated alkanes) is 1. The Labute approximate surface area is 201 Å². The third kappa shape index (κ3) is 6.16. The van der Waals surface area contributed by atoms with E-state index in [1.54, 1.807) is 11.9 Å². The van der Waals surface area contributed by atoms with Gasteiger partial charge in [0.1, 0.15) is 6.61 Å². The van der Waals surface area contributed by atoms with Gasteiger partial charge in [-0.2, -0.15) is 0 Å². The van der Waals surface area contributed by atoms with E-state index in [2.05, 4.69) is 29.6 Å². The molecule has 1 unspecified atom stereocenters. The number of carbonyl (C=O) groups excluding carboxylic acids is 2. The topological polar surface area (TPSA) is 95.9 Å². The maximum absolute atomic E-state index is 12.9. The van der Waals surface area contributed by atoms with E-state index in [0.717, 1.165) is 11.1 Å². The molecule has 2 amide bonds. The van der Waals surface area contributed by atoms with E-state index in [1.807, 2.05) is 38.1 Å². The van der Waals surface area contributed by atoms with Gasteiger partial charge in [0.2, 0.25) is 5.91 Å². The highest BCUT2D eigenvalue weighted by Crippen LogP contribution is 2.44. The van der Waals surface area contributed by atoms with Crippen LogP contribution in [0.1, 0.15) is 50.2 Å². The van der Waals surface area contributed by atoms with Crippen LogP contribution in [0.4, 0.5) is 4.79 Å². The molecule has 1 aliphatic rings. The Morgan fingerprint density at radius 1 is 1.00 bits per heavy atom. The van der Waals surface area contributed by atoms with Gasteiger partial charge in [0, 0.05) is 32.5 Å². The summed E-state index contributed by atoms with van der Waals surface area (Å²) in [4.78, 5) is 37.7.